The molecule has 0 saturated carbocycles. The fourth-order valence-corrected chi connectivity index (χ4v) is 4.22. The number of aryl methyl sites for hydroxylation is 1. The van der Waals surface area contributed by atoms with Crippen molar-refractivity contribution in [3.63, 3.8) is 0 Å². The molecule has 1 aliphatic rings. The van der Waals surface area contributed by atoms with Crippen LogP contribution in [0.5, 0.6) is 0 Å². The zero-order valence-corrected chi connectivity index (χ0v) is 18.8. The number of guanidine groups is 1. The Kier molecular flexibility index (Phi) is 8.31. The second kappa shape index (κ2) is 11.2. The van der Waals surface area contributed by atoms with E-state index in [-0.39, 0.29) is 0 Å². The first-order chi connectivity index (χ1) is 14.2. The van der Waals surface area contributed by atoms with Gasteiger partial charge >= 0.3 is 0 Å². The maximum Gasteiger partial charge on any atom is 0.194 e. The van der Waals surface area contributed by atoms with E-state index >= 15 is 0 Å². The summed E-state index contributed by atoms with van der Waals surface area (Å²) in [5.74, 6) is 0.965. The average molecular weight is 415 g/mol. The summed E-state index contributed by atoms with van der Waals surface area (Å²) in [6.07, 6.45) is 1.09. The number of piperazine rings is 1. The van der Waals surface area contributed by atoms with Gasteiger partial charge in [0.15, 0.2) is 5.96 Å². The molecule has 1 saturated heterocycles. The van der Waals surface area contributed by atoms with Gasteiger partial charge in [0, 0.05) is 63.9 Å². The van der Waals surface area contributed by atoms with Crippen molar-refractivity contribution in [2.75, 3.05) is 57.8 Å². The van der Waals surface area contributed by atoms with Gasteiger partial charge in [0.1, 0.15) is 0 Å². The van der Waals surface area contributed by atoms with Crippen molar-refractivity contribution < 1.29 is 0 Å². The van der Waals surface area contributed by atoms with E-state index in [1.165, 1.54) is 5.69 Å². The molecule has 1 N–H and O–H groups in total. The number of hydrogen-bond donors (Lipinski definition) is 1. The van der Waals surface area contributed by atoms with Gasteiger partial charge in [-0.2, -0.15) is 0 Å². The molecular formula is C22H34N6S. The smallest absolute Gasteiger partial charge is 0.194 e. The monoisotopic (exact) mass is 414 g/mol. The first-order valence-corrected chi connectivity index (χ1v) is 11.5. The third-order valence-corrected chi connectivity index (χ3v) is 5.97. The fraction of sp³-hybridized carbons (Fsp3) is 0.545. The van der Waals surface area contributed by atoms with Crippen LogP contribution in [-0.2, 0) is 6.54 Å². The molecule has 0 unspecified atom stereocenters. The Morgan fingerprint density at radius 1 is 1.21 bits per heavy atom. The molecule has 0 aliphatic carbocycles. The molecule has 2 heterocycles. The number of anilines is 1. The van der Waals surface area contributed by atoms with Crippen molar-refractivity contribution in [2.24, 2.45) is 4.99 Å². The van der Waals surface area contributed by atoms with Gasteiger partial charge in [-0.05, 0) is 32.4 Å². The summed E-state index contributed by atoms with van der Waals surface area (Å²) in [6, 6.07) is 10.7. The number of benzene rings is 1. The summed E-state index contributed by atoms with van der Waals surface area (Å²) < 4.78 is 0. The Labute approximate surface area is 179 Å². The molecule has 7 heteroatoms. The minimum atomic E-state index is 0.789. The van der Waals surface area contributed by atoms with Crippen LogP contribution in [-0.4, -0.2) is 73.6 Å². The minimum Gasteiger partial charge on any atom is -0.369 e. The van der Waals surface area contributed by atoms with E-state index in [1.807, 2.05) is 6.92 Å². The third kappa shape index (κ3) is 6.72. The van der Waals surface area contributed by atoms with E-state index in [0.29, 0.717) is 0 Å². The number of aliphatic imine (C=N–C) groups is 1. The van der Waals surface area contributed by atoms with Crippen LogP contribution in [0.2, 0.25) is 0 Å². The lowest BCUT2D eigenvalue weighted by Crippen LogP contribution is -2.46. The molecule has 0 atom stereocenters. The molecule has 0 spiro atoms. The SMILES string of the molecule is CCNC(=NCCCN1CCN(c2ccccc2)CC1)N(C)Cc1csc(C)n1. The van der Waals surface area contributed by atoms with E-state index in [9.17, 15) is 0 Å². The predicted molar refractivity (Wildman–Crippen MR) is 124 cm³/mol. The van der Waals surface area contributed by atoms with Crippen molar-refractivity contribution >= 4 is 23.0 Å². The van der Waals surface area contributed by atoms with Crippen LogP contribution < -0.4 is 10.2 Å². The topological polar surface area (TPSA) is 47.0 Å². The van der Waals surface area contributed by atoms with Crippen molar-refractivity contribution in [3.8, 4) is 0 Å². The van der Waals surface area contributed by atoms with E-state index in [4.69, 9.17) is 4.99 Å². The molecule has 0 amide bonds. The average Bonchev–Trinajstić information content (AvgIpc) is 3.16. The van der Waals surface area contributed by atoms with Crippen LogP contribution in [0.15, 0.2) is 40.7 Å². The highest BCUT2D eigenvalue weighted by Crippen LogP contribution is 2.15. The largest absolute Gasteiger partial charge is 0.369 e. The first kappa shape index (κ1) is 21.6. The van der Waals surface area contributed by atoms with Gasteiger partial charge in [0.2, 0.25) is 0 Å². The minimum absolute atomic E-state index is 0.789. The predicted octanol–water partition coefficient (Wildman–Crippen LogP) is 3.06. The Balaban J connectivity index is 1.40. The summed E-state index contributed by atoms with van der Waals surface area (Å²) in [7, 11) is 2.08. The highest BCUT2D eigenvalue weighted by Gasteiger charge is 2.16. The van der Waals surface area contributed by atoms with Crippen LogP contribution >= 0.6 is 11.3 Å². The molecule has 1 aliphatic heterocycles. The number of aromatic nitrogens is 1. The van der Waals surface area contributed by atoms with Gasteiger partial charge < -0.3 is 15.1 Å². The van der Waals surface area contributed by atoms with Gasteiger partial charge in [-0.1, -0.05) is 18.2 Å². The van der Waals surface area contributed by atoms with Crippen LogP contribution in [0, 0.1) is 6.92 Å². The quantitative estimate of drug-likeness (QED) is 0.409. The van der Waals surface area contributed by atoms with E-state index < -0.39 is 0 Å². The lowest BCUT2D eigenvalue weighted by Gasteiger charge is -2.36. The molecule has 1 fully saturated rings. The standard InChI is InChI=1S/C22H34N6S/c1-4-23-22(26(3)17-20-18-29-19(2)25-20)24-11-8-12-27-13-15-28(16-14-27)21-9-6-5-7-10-21/h5-7,9-10,18H,4,8,11-17H2,1-3H3,(H,23,24). The highest BCUT2D eigenvalue weighted by atomic mass is 32.1. The summed E-state index contributed by atoms with van der Waals surface area (Å²) in [5.41, 5.74) is 2.45. The Morgan fingerprint density at radius 2 is 1.97 bits per heavy atom. The first-order valence-electron chi connectivity index (χ1n) is 10.6. The van der Waals surface area contributed by atoms with Gasteiger partial charge in [-0.25, -0.2) is 4.98 Å². The van der Waals surface area contributed by atoms with Crippen LogP contribution in [0.1, 0.15) is 24.0 Å². The Hall–Kier alpha value is -2.12. The fourth-order valence-electron chi connectivity index (χ4n) is 3.62. The normalized spacial score (nSPS) is 15.6. The molecule has 1 aromatic heterocycles. The highest BCUT2D eigenvalue weighted by molar-refractivity contribution is 7.09. The second-order valence-corrected chi connectivity index (χ2v) is 8.53. The maximum atomic E-state index is 4.83. The number of rotatable bonds is 8. The number of nitrogens with one attached hydrogen (secondary N) is 1. The zero-order valence-electron chi connectivity index (χ0n) is 18.0. The lowest BCUT2D eigenvalue weighted by atomic mass is 10.2. The molecule has 29 heavy (non-hydrogen) atoms. The number of hydrogen-bond acceptors (Lipinski definition) is 5. The Bertz CT molecular complexity index is 752. The van der Waals surface area contributed by atoms with E-state index in [1.54, 1.807) is 11.3 Å². The number of para-hydroxylation sites is 1. The summed E-state index contributed by atoms with van der Waals surface area (Å²) in [5, 5.41) is 6.65. The van der Waals surface area contributed by atoms with Crippen molar-refractivity contribution in [2.45, 2.75) is 26.8 Å². The van der Waals surface area contributed by atoms with Crippen molar-refractivity contribution in [1.29, 1.82) is 0 Å². The molecule has 3 rings (SSSR count). The molecule has 6 nitrogen and oxygen atoms in total. The summed E-state index contributed by atoms with van der Waals surface area (Å²) >= 11 is 1.70. The molecule has 2 aromatic rings. The van der Waals surface area contributed by atoms with Crippen LogP contribution in [0.25, 0.3) is 0 Å². The van der Waals surface area contributed by atoms with E-state index in [2.05, 4.69) is 74.7 Å². The zero-order chi connectivity index (χ0) is 20.5. The Morgan fingerprint density at radius 3 is 2.62 bits per heavy atom. The summed E-state index contributed by atoms with van der Waals surface area (Å²) in [6.45, 7) is 12.2. The molecule has 1 aromatic carbocycles. The van der Waals surface area contributed by atoms with Crippen molar-refractivity contribution in [1.82, 2.24) is 20.1 Å². The van der Waals surface area contributed by atoms with Gasteiger partial charge in [0.05, 0.1) is 17.2 Å². The third-order valence-electron chi connectivity index (χ3n) is 5.15. The summed E-state index contributed by atoms with van der Waals surface area (Å²) in [4.78, 5) is 16.6. The maximum absolute atomic E-state index is 4.83. The molecule has 0 bridgehead atoms. The number of nitrogens with zero attached hydrogens (tertiary/aromatic N) is 5. The second-order valence-electron chi connectivity index (χ2n) is 7.47. The molecule has 158 valence electrons. The van der Waals surface area contributed by atoms with E-state index in [0.717, 1.165) is 75.4 Å². The molecule has 0 radical (unpaired) electrons. The van der Waals surface area contributed by atoms with Crippen LogP contribution in [0.4, 0.5) is 5.69 Å². The van der Waals surface area contributed by atoms with Crippen molar-refractivity contribution in [3.05, 3.63) is 46.4 Å². The van der Waals surface area contributed by atoms with Crippen LogP contribution in [0.3, 0.4) is 0 Å². The lowest BCUT2D eigenvalue weighted by molar-refractivity contribution is 0.256. The van der Waals surface area contributed by atoms with Gasteiger partial charge in [-0.15, -0.1) is 11.3 Å². The molecular weight excluding hydrogens is 380 g/mol. The van der Waals surface area contributed by atoms with Gasteiger partial charge in [-0.3, -0.25) is 9.89 Å². The van der Waals surface area contributed by atoms with Gasteiger partial charge in [0.25, 0.3) is 0 Å². The number of thiazole rings is 1.